The van der Waals surface area contributed by atoms with Gasteiger partial charge in [0.15, 0.2) is 0 Å². The Morgan fingerprint density at radius 1 is 0.429 bits per heavy atom. The van der Waals surface area contributed by atoms with Crippen molar-refractivity contribution in [3.8, 4) is 11.4 Å². The van der Waals surface area contributed by atoms with Gasteiger partial charge in [0.05, 0.1) is 22.1 Å². The Labute approximate surface area is 247 Å². The molecular formula is C39H28N2S. The van der Waals surface area contributed by atoms with E-state index in [0.29, 0.717) is 5.92 Å². The molecule has 0 saturated heterocycles. The minimum absolute atomic E-state index is 0.494. The molecule has 9 aromatic rings. The van der Waals surface area contributed by atoms with E-state index in [4.69, 9.17) is 0 Å². The summed E-state index contributed by atoms with van der Waals surface area (Å²) in [7, 11) is 0. The predicted octanol–water partition coefficient (Wildman–Crippen LogP) is 11.4. The summed E-state index contributed by atoms with van der Waals surface area (Å²) in [6.07, 6.45) is 0. The third-order valence-electron chi connectivity index (χ3n) is 8.90. The fourth-order valence-electron chi connectivity index (χ4n) is 6.86. The fraction of sp³-hybridized carbons (Fsp3) is 0.0769. The highest BCUT2D eigenvalue weighted by atomic mass is 32.1. The molecule has 6 aromatic carbocycles. The number of thiophene rings is 1. The molecule has 3 heteroatoms. The summed E-state index contributed by atoms with van der Waals surface area (Å²) in [4.78, 5) is 0. The molecule has 3 aromatic heterocycles. The molecule has 0 fully saturated rings. The Bertz CT molecular complexity index is 2450. The highest BCUT2D eigenvalue weighted by molar-refractivity contribution is 7.25. The lowest BCUT2D eigenvalue weighted by atomic mass is 10.0. The van der Waals surface area contributed by atoms with E-state index < -0.39 is 0 Å². The first kappa shape index (κ1) is 23.8. The van der Waals surface area contributed by atoms with E-state index in [1.54, 1.807) is 0 Å². The lowest BCUT2D eigenvalue weighted by Gasteiger charge is -2.10. The zero-order valence-corrected chi connectivity index (χ0v) is 24.3. The fourth-order valence-corrected chi connectivity index (χ4v) is 7.93. The summed E-state index contributed by atoms with van der Waals surface area (Å²) in [5.41, 5.74) is 8.76. The molecule has 0 amide bonds. The molecule has 0 N–H and O–H groups in total. The smallest absolute Gasteiger partial charge is 0.0541 e. The van der Waals surface area contributed by atoms with Crippen LogP contribution in [0.5, 0.6) is 0 Å². The highest BCUT2D eigenvalue weighted by Gasteiger charge is 2.16. The predicted molar refractivity (Wildman–Crippen MR) is 182 cm³/mol. The van der Waals surface area contributed by atoms with Crippen molar-refractivity contribution in [3.63, 3.8) is 0 Å². The van der Waals surface area contributed by atoms with Gasteiger partial charge in [0.2, 0.25) is 0 Å². The van der Waals surface area contributed by atoms with Gasteiger partial charge in [-0.3, -0.25) is 0 Å². The molecule has 0 aliphatic carbocycles. The van der Waals surface area contributed by atoms with Gasteiger partial charge in [0.1, 0.15) is 0 Å². The monoisotopic (exact) mass is 556 g/mol. The van der Waals surface area contributed by atoms with Crippen LogP contribution in [0.15, 0.2) is 127 Å². The first-order valence-electron chi connectivity index (χ1n) is 14.6. The van der Waals surface area contributed by atoms with Gasteiger partial charge in [-0.05, 0) is 78.2 Å². The molecule has 200 valence electrons. The van der Waals surface area contributed by atoms with Crippen LogP contribution in [0, 0.1) is 0 Å². The summed E-state index contributed by atoms with van der Waals surface area (Å²) < 4.78 is 7.48. The Hall–Kier alpha value is -4.86. The maximum absolute atomic E-state index is 2.44. The van der Waals surface area contributed by atoms with Crippen molar-refractivity contribution in [3.05, 3.63) is 133 Å². The van der Waals surface area contributed by atoms with Crippen LogP contribution in [0.4, 0.5) is 0 Å². The summed E-state index contributed by atoms with van der Waals surface area (Å²) in [6, 6.07) is 47.2. The van der Waals surface area contributed by atoms with Gasteiger partial charge >= 0.3 is 0 Å². The Balaban J connectivity index is 1.30. The number of hydrogen-bond donors (Lipinski definition) is 0. The van der Waals surface area contributed by atoms with Gasteiger partial charge in [-0.2, -0.15) is 0 Å². The van der Waals surface area contributed by atoms with E-state index in [9.17, 15) is 0 Å². The second-order valence-corrected chi connectivity index (χ2v) is 12.7. The van der Waals surface area contributed by atoms with Crippen LogP contribution in [0.25, 0.3) is 75.2 Å². The third kappa shape index (κ3) is 3.32. The maximum Gasteiger partial charge on any atom is 0.0541 e. The number of benzene rings is 6. The number of rotatable bonds is 3. The van der Waals surface area contributed by atoms with Crippen molar-refractivity contribution in [2.24, 2.45) is 0 Å². The van der Waals surface area contributed by atoms with Gasteiger partial charge in [-0.25, -0.2) is 0 Å². The third-order valence-corrected chi connectivity index (χ3v) is 10.0. The molecule has 0 aliphatic heterocycles. The van der Waals surface area contributed by atoms with Crippen molar-refractivity contribution in [2.75, 3.05) is 0 Å². The molecule has 0 spiro atoms. The molecule has 9 rings (SSSR count). The molecule has 0 radical (unpaired) electrons. The van der Waals surface area contributed by atoms with E-state index in [1.165, 1.54) is 80.7 Å². The topological polar surface area (TPSA) is 9.86 Å². The second-order valence-electron chi connectivity index (χ2n) is 11.6. The average Bonchev–Trinajstić information content (AvgIpc) is 3.67. The Morgan fingerprint density at radius 3 is 1.38 bits per heavy atom. The molecule has 0 unspecified atom stereocenters. The summed E-state index contributed by atoms with van der Waals surface area (Å²) >= 11 is 1.87. The minimum atomic E-state index is 0.494. The van der Waals surface area contributed by atoms with Gasteiger partial charge in [0.25, 0.3) is 0 Å². The van der Waals surface area contributed by atoms with Gasteiger partial charge in [-0.1, -0.05) is 74.5 Å². The van der Waals surface area contributed by atoms with E-state index >= 15 is 0 Å². The molecule has 0 bridgehead atoms. The van der Waals surface area contributed by atoms with Crippen LogP contribution in [-0.4, -0.2) is 9.13 Å². The number of aromatic nitrogens is 2. The molecule has 42 heavy (non-hydrogen) atoms. The normalized spacial score (nSPS) is 12.3. The standard InChI is InChI=1S/C39H28N2S/c1-24(2)25-15-18-37-31(21-25)30-11-5-8-14-36(30)41(37)27-17-20-39-33(23-27)32-22-26(16-19-38(32)42-39)40-34-12-6-3-9-28(34)29-10-4-7-13-35(29)40/h3-24H,1-2H3. The van der Waals surface area contributed by atoms with Gasteiger partial charge < -0.3 is 9.13 Å². The minimum Gasteiger partial charge on any atom is -0.309 e. The quantitative estimate of drug-likeness (QED) is 0.205. The molecule has 0 aliphatic rings. The van der Waals surface area contributed by atoms with Crippen molar-refractivity contribution < 1.29 is 0 Å². The number of para-hydroxylation sites is 3. The lowest BCUT2D eigenvalue weighted by Crippen LogP contribution is -1.94. The van der Waals surface area contributed by atoms with E-state index in [1.807, 2.05) is 11.3 Å². The van der Waals surface area contributed by atoms with Crippen LogP contribution in [0.1, 0.15) is 25.3 Å². The highest BCUT2D eigenvalue weighted by Crippen LogP contribution is 2.40. The first-order chi connectivity index (χ1) is 20.7. The van der Waals surface area contributed by atoms with Crippen molar-refractivity contribution in [2.45, 2.75) is 19.8 Å². The van der Waals surface area contributed by atoms with Crippen molar-refractivity contribution in [1.82, 2.24) is 9.13 Å². The van der Waals surface area contributed by atoms with Gasteiger partial charge in [0, 0.05) is 53.1 Å². The van der Waals surface area contributed by atoms with Crippen molar-refractivity contribution >= 4 is 75.1 Å². The Morgan fingerprint density at radius 2 is 0.881 bits per heavy atom. The molecule has 3 heterocycles. The van der Waals surface area contributed by atoms with Gasteiger partial charge in [-0.15, -0.1) is 11.3 Å². The number of fused-ring (bicyclic) bond motifs is 9. The molecule has 0 saturated carbocycles. The van der Waals surface area contributed by atoms with Crippen LogP contribution in [0.3, 0.4) is 0 Å². The average molecular weight is 557 g/mol. The maximum atomic E-state index is 2.44. The second kappa shape index (κ2) is 8.82. The van der Waals surface area contributed by atoms with E-state index in [2.05, 4.69) is 150 Å². The summed E-state index contributed by atoms with van der Waals surface area (Å²) in [6.45, 7) is 4.53. The van der Waals surface area contributed by atoms with Crippen LogP contribution >= 0.6 is 11.3 Å². The SMILES string of the molecule is CC(C)c1ccc2c(c1)c1ccccc1n2-c1ccc2sc3ccc(-n4c5ccccc5c5ccccc54)cc3c2c1. The Kier molecular flexibility index (Phi) is 5.00. The first-order valence-corrected chi connectivity index (χ1v) is 15.5. The zero-order valence-electron chi connectivity index (χ0n) is 23.5. The zero-order chi connectivity index (χ0) is 27.9. The molecule has 0 atom stereocenters. The molecular weight excluding hydrogens is 529 g/mol. The van der Waals surface area contributed by atoms with E-state index in [-0.39, 0.29) is 0 Å². The van der Waals surface area contributed by atoms with Crippen LogP contribution in [0.2, 0.25) is 0 Å². The lowest BCUT2D eigenvalue weighted by molar-refractivity contribution is 0.868. The largest absolute Gasteiger partial charge is 0.309 e. The summed E-state index contributed by atoms with van der Waals surface area (Å²) in [5.74, 6) is 0.494. The summed E-state index contributed by atoms with van der Waals surface area (Å²) in [5, 5.41) is 7.81. The van der Waals surface area contributed by atoms with E-state index in [0.717, 1.165) is 0 Å². The van der Waals surface area contributed by atoms with Crippen LogP contribution < -0.4 is 0 Å². The van der Waals surface area contributed by atoms with Crippen molar-refractivity contribution in [1.29, 1.82) is 0 Å². The van der Waals surface area contributed by atoms with Crippen LogP contribution in [-0.2, 0) is 0 Å². The number of hydrogen-bond acceptors (Lipinski definition) is 1. The molecule has 2 nitrogen and oxygen atoms in total. The number of nitrogens with zero attached hydrogens (tertiary/aromatic N) is 2.